The zero-order valence-electron chi connectivity index (χ0n) is 8.24. The van der Waals surface area contributed by atoms with Crippen LogP contribution in [0.25, 0.3) is 5.69 Å². The lowest BCUT2D eigenvalue weighted by molar-refractivity contribution is -0.136. The summed E-state index contributed by atoms with van der Waals surface area (Å²) < 4.78 is 1.31. The molecule has 6 nitrogen and oxygen atoms in total. The molecule has 0 radical (unpaired) electrons. The Hall–Kier alpha value is -2.37. The highest BCUT2D eigenvalue weighted by Crippen LogP contribution is 2.20. The molecule has 0 fully saturated rings. The fraction of sp³-hybridized carbons (Fsp3) is 0.100. The smallest absolute Gasteiger partial charge is 0.311 e. The number of phenolic OH excluding ortho intramolecular Hbond substituents is 1. The van der Waals surface area contributed by atoms with E-state index in [9.17, 15) is 9.90 Å². The predicted octanol–water partition coefficient (Wildman–Crippen LogP) is 0.600. The van der Waals surface area contributed by atoms with E-state index in [0.717, 1.165) is 0 Å². The second kappa shape index (κ2) is 4.01. The number of aromatic hydroxyl groups is 1. The second-order valence-corrected chi connectivity index (χ2v) is 3.15. The van der Waals surface area contributed by atoms with Crippen LogP contribution in [0.2, 0.25) is 0 Å². The third-order valence-electron chi connectivity index (χ3n) is 2.04. The first-order valence-electron chi connectivity index (χ1n) is 4.57. The number of benzene rings is 1. The lowest BCUT2D eigenvalue weighted by Gasteiger charge is -2.05. The van der Waals surface area contributed by atoms with E-state index in [4.69, 9.17) is 5.11 Å². The maximum absolute atomic E-state index is 10.6. The number of rotatable bonds is 3. The van der Waals surface area contributed by atoms with Gasteiger partial charge in [0, 0.05) is 0 Å². The molecular formula is C10H9N3O3. The molecule has 0 atom stereocenters. The Balaban J connectivity index is 2.45. The first kappa shape index (κ1) is 10.2. The molecule has 0 saturated heterocycles. The van der Waals surface area contributed by atoms with Crippen molar-refractivity contribution in [3.05, 3.63) is 36.4 Å². The van der Waals surface area contributed by atoms with Crippen molar-refractivity contribution in [1.29, 1.82) is 0 Å². The molecule has 6 heteroatoms. The third kappa shape index (κ3) is 1.85. The van der Waals surface area contributed by atoms with Crippen LogP contribution in [0.4, 0.5) is 0 Å². The van der Waals surface area contributed by atoms with Crippen molar-refractivity contribution in [2.75, 3.05) is 0 Å². The van der Waals surface area contributed by atoms with Gasteiger partial charge in [-0.25, -0.2) is 9.67 Å². The monoisotopic (exact) mass is 219 g/mol. The first-order chi connectivity index (χ1) is 7.68. The van der Waals surface area contributed by atoms with Gasteiger partial charge in [0.1, 0.15) is 30.0 Å². The summed E-state index contributed by atoms with van der Waals surface area (Å²) in [4.78, 5) is 14.4. The average Bonchev–Trinajstić information content (AvgIpc) is 2.66. The van der Waals surface area contributed by atoms with Crippen LogP contribution in [-0.2, 0) is 11.2 Å². The maximum Gasteiger partial charge on any atom is 0.311 e. The highest BCUT2D eigenvalue weighted by atomic mass is 16.4. The van der Waals surface area contributed by atoms with Crippen molar-refractivity contribution in [3.63, 3.8) is 0 Å². The molecule has 16 heavy (non-hydrogen) atoms. The fourth-order valence-corrected chi connectivity index (χ4v) is 1.37. The Morgan fingerprint density at radius 2 is 2.12 bits per heavy atom. The van der Waals surface area contributed by atoms with Gasteiger partial charge in [-0.1, -0.05) is 12.1 Å². The van der Waals surface area contributed by atoms with Crippen LogP contribution in [0.1, 0.15) is 5.82 Å². The van der Waals surface area contributed by atoms with E-state index >= 15 is 0 Å². The quantitative estimate of drug-likeness (QED) is 0.789. The summed E-state index contributed by atoms with van der Waals surface area (Å²) in [5, 5.41) is 22.2. The Bertz CT molecular complexity index is 522. The van der Waals surface area contributed by atoms with E-state index in [-0.39, 0.29) is 18.0 Å². The van der Waals surface area contributed by atoms with Crippen LogP contribution < -0.4 is 0 Å². The van der Waals surface area contributed by atoms with Gasteiger partial charge in [-0.2, -0.15) is 5.10 Å². The van der Waals surface area contributed by atoms with E-state index in [1.807, 2.05) is 0 Å². The predicted molar refractivity (Wildman–Crippen MR) is 54.4 cm³/mol. The van der Waals surface area contributed by atoms with Gasteiger partial charge in [-0.05, 0) is 12.1 Å². The number of aromatic nitrogens is 3. The van der Waals surface area contributed by atoms with Gasteiger partial charge >= 0.3 is 5.97 Å². The maximum atomic E-state index is 10.6. The number of carboxylic acids is 1. The van der Waals surface area contributed by atoms with E-state index in [1.165, 1.54) is 17.1 Å². The molecule has 0 bridgehead atoms. The minimum atomic E-state index is -0.996. The van der Waals surface area contributed by atoms with Gasteiger partial charge in [-0.15, -0.1) is 0 Å². The number of hydrogen-bond donors (Lipinski definition) is 2. The summed E-state index contributed by atoms with van der Waals surface area (Å²) in [6, 6.07) is 6.53. The summed E-state index contributed by atoms with van der Waals surface area (Å²) in [5.74, 6) is -0.696. The number of hydrogen-bond acceptors (Lipinski definition) is 4. The van der Waals surface area contributed by atoms with E-state index in [1.54, 1.807) is 18.2 Å². The molecule has 2 N–H and O–H groups in total. The van der Waals surface area contributed by atoms with Gasteiger partial charge in [0.15, 0.2) is 0 Å². The van der Waals surface area contributed by atoms with Crippen LogP contribution in [0.3, 0.4) is 0 Å². The molecule has 1 aromatic carbocycles. The Kier molecular flexibility index (Phi) is 2.55. The molecule has 0 amide bonds. The minimum Gasteiger partial charge on any atom is -0.506 e. The van der Waals surface area contributed by atoms with Gasteiger partial charge < -0.3 is 10.2 Å². The average molecular weight is 219 g/mol. The summed E-state index contributed by atoms with van der Waals surface area (Å²) in [6.07, 6.45) is 1.01. The Morgan fingerprint density at radius 1 is 1.38 bits per heavy atom. The van der Waals surface area contributed by atoms with Crippen LogP contribution in [0.5, 0.6) is 5.75 Å². The van der Waals surface area contributed by atoms with E-state index in [0.29, 0.717) is 5.69 Å². The number of aliphatic carboxylic acids is 1. The van der Waals surface area contributed by atoms with Crippen molar-refractivity contribution >= 4 is 5.97 Å². The topological polar surface area (TPSA) is 88.2 Å². The van der Waals surface area contributed by atoms with E-state index < -0.39 is 5.97 Å². The van der Waals surface area contributed by atoms with Crippen LogP contribution in [-0.4, -0.2) is 30.9 Å². The molecule has 0 aliphatic carbocycles. The molecule has 0 spiro atoms. The SMILES string of the molecule is O=C(O)Cc1ncnn1-c1ccccc1O. The molecule has 1 aromatic heterocycles. The highest BCUT2D eigenvalue weighted by Gasteiger charge is 2.12. The molecule has 1 heterocycles. The zero-order valence-corrected chi connectivity index (χ0v) is 8.24. The third-order valence-corrected chi connectivity index (χ3v) is 2.04. The molecule has 2 rings (SSSR count). The lowest BCUT2D eigenvalue weighted by Crippen LogP contribution is -2.09. The fourth-order valence-electron chi connectivity index (χ4n) is 1.37. The largest absolute Gasteiger partial charge is 0.506 e. The first-order valence-corrected chi connectivity index (χ1v) is 4.57. The van der Waals surface area contributed by atoms with Crippen molar-refractivity contribution in [3.8, 4) is 11.4 Å². The van der Waals surface area contributed by atoms with Crippen molar-refractivity contribution in [1.82, 2.24) is 14.8 Å². The van der Waals surface area contributed by atoms with Gasteiger partial charge in [0.25, 0.3) is 0 Å². The second-order valence-electron chi connectivity index (χ2n) is 3.15. The number of carbonyl (C=O) groups is 1. The van der Waals surface area contributed by atoms with Gasteiger partial charge in [0.05, 0.1) is 0 Å². The molecule has 0 aliphatic rings. The number of carboxylic acid groups (broad SMARTS) is 1. The molecule has 82 valence electrons. The van der Waals surface area contributed by atoms with Gasteiger partial charge in [-0.3, -0.25) is 4.79 Å². The van der Waals surface area contributed by atoms with Crippen LogP contribution in [0.15, 0.2) is 30.6 Å². The number of phenols is 1. The molecule has 0 unspecified atom stereocenters. The number of para-hydroxylation sites is 2. The normalized spacial score (nSPS) is 10.2. The van der Waals surface area contributed by atoms with Gasteiger partial charge in [0.2, 0.25) is 0 Å². The summed E-state index contributed by atoms with van der Waals surface area (Å²) in [5.41, 5.74) is 0.413. The minimum absolute atomic E-state index is 0.0274. The summed E-state index contributed by atoms with van der Waals surface area (Å²) in [6.45, 7) is 0. The Morgan fingerprint density at radius 3 is 2.81 bits per heavy atom. The molecule has 2 aromatic rings. The lowest BCUT2D eigenvalue weighted by atomic mass is 10.3. The number of nitrogens with zero attached hydrogens (tertiary/aromatic N) is 3. The van der Waals surface area contributed by atoms with E-state index in [2.05, 4.69) is 10.1 Å². The van der Waals surface area contributed by atoms with Crippen molar-refractivity contribution in [2.45, 2.75) is 6.42 Å². The summed E-state index contributed by atoms with van der Waals surface area (Å²) in [7, 11) is 0. The standard InChI is InChI=1S/C10H9N3O3/c14-8-4-2-1-3-7(8)13-9(5-10(15)16)11-6-12-13/h1-4,6,14H,5H2,(H,15,16). The van der Waals surface area contributed by atoms with Crippen molar-refractivity contribution < 1.29 is 15.0 Å². The Labute approximate surface area is 90.8 Å². The molecule has 0 aliphatic heterocycles. The van der Waals surface area contributed by atoms with Crippen LogP contribution >= 0.6 is 0 Å². The zero-order chi connectivity index (χ0) is 11.5. The van der Waals surface area contributed by atoms with Crippen LogP contribution in [0, 0.1) is 0 Å². The highest BCUT2D eigenvalue weighted by molar-refractivity contribution is 5.69. The molecule has 0 saturated carbocycles. The molecular weight excluding hydrogens is 210 g/mol. The summed E-state index contributed by atoms with van der Waals surface area (Å²) >= 11 is 0. The van der Waals surface area contributed by atoms with Crippen molar-refractivity contribution in [2.24, 2.45) is 0 Å².